The maximum atomic E-state index is 13.5. The normalized spacial score (nSPS) is 15.9. The number of hydrogen-bond donors (Lipinski definition) is 1. The van der Waals surface area contributed by atoms with Gasteiger partial charge in [0.05, 0.1) is 6.61 Å². The van der Waals surface area contributed by atoms with E-state index in [1.807, 2.05) is 29.3 Å². The van der Waals surface area contributed by atoms with Gasteiger partial charge in [0.15, 0.2) is 11.5 Å². The number of aryl methyl sites for hydroxylation is 1. The molecule has 1 N–H and O–H groups in total. The van der Waals surface area contributed by atoms with E-state index in [4.69, 9.17) is 14.2 Å². The molecule has 0 spiro atoms. The van der Waals surface area contributed by atoms with Gasteiger partial charge in [-0.1, -0.05) is 37.3 Å². The minimum atomic E-state index is -0.319. The summed E-state index contributed by atoms with van der Waals surface area (Å²) in [5.74, 6) is 1.26. The Morgan fingerprint density at radius 2 is 1.77 bits per heavy atom. The van der Waals surface area contributed by atoms with Gasteiger partial charge in [-0.3, -0.25) is 4.79 Å². The first-order chi connectivity index (χ1) is 17.1. The molecule has 3 heterocycles. The number of piperazine rings is 1. The van der Waals surface area contributed by atoms with Crippen LogP contribution in [0.1, 0.15) is 42.9 Å². The zero-order valence-electron chi connectivity index (χ0n) is 20.2. The van der Waals surface area contributed by atoms with E-state index >= 15 is 0 Å². The van der Waals surface area contributed by atoms with Crippen LogP contribution in [0.2, 0.25) is 0 Å². The van der Waals surface area contributed by atoms with Crippen LogP contribution in [-0.4, -0.2) is 66.4 Å². The number of fused-ring (bicyclic) bond motifs is 2. The lowest BCUT2D eigenvalue weighted by molar-refractivity contribution is -0.133. The number of nitrogens with zero attached hydrogens (tertiary/aromatic N) is 2. The molecule has 5 rings (SSSR count). The number of H-pyrrole nitrogens is 1. The first kappa shape index (κ1) is 23.1. The average molecular weight is 478 g/mol. The molecule has 3 aromatic rings. The Labute approximate surface area is 204 Å². The van der Waals surface area contributed by atoms with Crippen molar-refractivity contribution >= 4 is 22.9 Å². The molecule has 2 aromatic carbocycles. The van der Waals surface area contributed by atoms with Gasteiger partial charge < -0.3 is 29.0 Å². The second kappa shape index (κ2) is 9.90. The summed E-state index contributed by atoms with van der Waals surface area (Å²) in [6.07, 6.45) is 2.92. The Balaban J connectivity index is 1.44. The Morgan fingerprint density at radius 1 is 1.00 bits per heavy atom. The molecule has 8 heteroatoms. The van der Waals surface area contributed by atoms with E-state index in [1.165, 1.54) is 5.56 Å². The lowest BCUT2D eigenvalue weighted by atomic mass is 9.86. The van der Waals surface area contributed by atoms with Crippen molar-refractivity contribution < 1.29 is 23.8 Å². The zero-order valence-corrected chi connectivity index (χ0v) is 20.2. The number of amides is 2. The fourth-order valence-corrected chi connectivity index (χ4v) is 5.09. The van der Waals surface area contributed by atoms with Crippen molar-refractivity contribution in [2.45, 2.75) is 32.6 Å². The van der Waals surface area contributed by atoms with Crippen LogP contribution in [0.25, 0.3) is 10.9 Å². The minimum absolute atomic E-state index is 0.0519. The molecule has 0 radical (unpaired) electrons. The average Bonchev–Trinajstić information content (AvgIpc) is 3.54. The number of carbonyl (C=O) groups excluding carboxylic acids is 2. The molecule has 1 aromatic heterocycles. The van der Waals surface area contributed by atoms with Crippen LogP contribution in [0.4, 0.5) is 4.79 Å². The van der Waals surface area contributed by atoms with Crippen LogP contribution < -0.4 is 9.47 Å². The number of aromatic nitrogens is 1. The molecule has 1 saturated heterocycles. The van der Waals surface area contributed by atoms with Crippen LogP contribution in [0.5, 0.6) is 11.5 Å². The number of ether oxygens (including phenoxy) is 3. The monoisotopic (exact) mass is 477 g/mol. The van der Waals surface area contributed by atoms with Crippen LogP contribution in [0, 0.1) is 0 Å². The van der Waals surface area contributed by atoms with Gasteiger partial charge in [-0.15, -0.1) is 0 Å². The van der Waals surface area contributed by atoms with Crippen LogP contribution in [-0.2, 0) is 16.0 Å². The largest absolute Gasteiger partial charge is 0.454 e. The molecule has 184 valence electrons. The first-order valence-electron chi connectivity index (χ1n) is 12.3. The van der Waals surface area contributed by atoms with E-state index in [0.29, 0.717) is 50.7 Å². The number of hydrogen-bond acceptors (Lipinski definition) is 5. The molecular weight excluding hydrogens is 446 g/mol. The van der Waals surface area contributed by atoms with Crippen molar-refractivity contribution in [3.8, 4) is 11.5 Å². The summed E-state index contributed by atoms with van der Waals surface area (Å²) in [5, 5.41) is 1.12. The van der Waals surface area contributed by atoms with Gasteiger partial charge >= 0.3 is 6.09 Å². The summed E-state index contributed by atoms with van der Waals surface area (Å²) in [6, 6.07) is 12.2. The van der Waals surface area contributed by atoms with Crippen LogP contribution in [0.3, 0.4) is 0 Å². The third-order valence-electron chi connectivity index (χ3n) is 6.93. The van der Waals surface area contributed by atoms with Gasteiger partial charge in [-0.2, -0.15) is 0 Å². The smallest absolute Gasteiger partial charge is 0.409 e. The second-order valence-corrected chi connectivity index (χ2v) is 8.84. The SMILES string of the molecule is CCOC(=O)N1CCN(C(=O)C[C@@H](c2cccc3c2OCO3)c2c[nH]c3c(CC)cccc23)CC1. The van der Waals surface area contributed by atoms with Gasteiger partial charge in [0.25, 0.3) is 0 Å². The summed E-state index contributed by atoms with van der Waals surface area (Å²) in [6.45, 7) is 6.38. The first-order valence-corrected chi connectivity index (χ1v) is 12.3. The fraction of sp³-hybridized carbons (Fsp3) is 0.407. The number of aromatic amines is 1. The van der Waals surface area contributed by atoms with E-state index in [-0.39, 0.29) is 24.7 Å². The van der Waals surface area contributed by atoms with Crippen molar-refractivity contribution in [3.05, 3.63) is 59.3 Å². The highest BCUT2D eigenvalue weighted by atomic mass is 16.7. The molecule has 35 heavy (non-hydrogen) atoms. The lowest BCUT2D eigenvalue weighted by Gasteiger charge is -2.34. The molecule has 1 fully saturated rings. The van der Waals surface area contributed by atoms with Crippen molar-refractivity contribution in [2.24, 2.45) is 0 Å². The summed E-state index contributed by atoms with van der Waals surface area (Å²) in [5.41, 5.74) is 4.36. The van der Waals surface area contributed by atoms with Crippen molar-refractivity contribution in [1.29, 1.82) is 0 Å². The highest BCUT2D eigenvalue weighted by Gasteiger charge is 2.31. The number of nitrogens with one attached hydrogen (secondary N) is 1. The molecule has 8 nitrogen and oxygen atoms in total. The summed E-state index contributed by atoms with van der Waals surface area (Å²) < 4.78 is 16.6. The second-order valence-electron chi connectivity index (χ2n) is 8.84. The van der Waals surface area contributed by atoms with Gasteiger partial charge in [0.2, 0.25) is 12.7 Å². The molecule has 0 unspecified atom stereocenters. The topological polar surface area (TPSA) is 84.1 Å². The quantitative estimate of drug-likeness (QED) is 0.573. The van der Waals surface area contributed by atoms with E-state index in [1.54, 1.807) is 11.8 Å². The predicted octanol–water partition coefficient (Wildman–Crippen LogP) is 4.28. The van der Waals surface area contributed by atoms with E-state index in [0.717, 1.165) is 28.5 Å². The van der Waals surface area contributed by atoms with Crippen molar-refractivity contribution in [2.75, 3.05) is 39.6 Å². The molecular formula is C27H31N3O5. The number of rotatable bonds is 6. The highest BCUT2D eigenvalue weighted by Crippen LogP contribution is 2.44. The standard InChI is InChI=1S/C27H31N3O5/c1-3-18-7-5-8-19-22(16-28-25(18)19)21(20-9-6-10-23-26(20)35-17-34-23)15-24(31)29-11-13-30(14-12-29)27(32)33-4-2/h5-10,16,21,28H,3-4,11-15,17H2,1-2H3/t21-/m0/s1. The predicted molar refractivity (Wildman–Crippen MR) is 132 cm³/mol. The summed E-state index contributed by atoms with van der Waals surface area (Å²) in [7, 11) is 0. The Hall–Kier alpha value is -3.68. The Kier molecular flexibility index (Phi) is 6.53. The van der Waals surface area contributed by atoms with E-state index in [2.05, 4.69) is 30.1 Å². The van der Waals surface area contributed by atoms with E-state index in [9.17, 15) is 9.59 Å². The third kappa shape index (κ3) is 4.40. The van der Waals surface area contributed by atoms with Gasteiger partial charge in [-0.05, 0) is 30.5 Å². The van der Waals surface area contributed by atoms with Crippen molar-refractivity contribution in [1.82, 2.24) is 14.8 Å². The number of benzene rings is 2. The Morgan fingerprint density at radius 3 is 2.54 bits per heavy atom. The zero-order chi connectivity index (χ0) is 24.4. The third-order valence-corrected chi connectivity index (χ3v) is 6.93. The molecule has 1 atom stereocenters. The molecule has 2 amide bonds. The van der Waals surface area contributed by atoms with E-state index < -0.39 is 0 Å². The minimum Gasteiger partial charge on any atom is -0.454 e. The molecule has 2 aliphatic heterocycles. The maximum absolute atomic E-state index is 13.5. The summed E-state index contributed by atoms with van der Waals surface area (Å²) in [4.78, 5) is 32.6. The molecule has 0 aliphatic carbocycles. The maximum Gasteiger partial charge on any atom is 0.409 e. The molecule has 0 saturated carbocycles. The molecule has 0 bridgehead atoms. The van der Waals surface area contributed by atoms with Gasteiger partial charge in [0.1, 0.15) is 0 Å². The van der Waals surface area contributed by atoms with Crippen LogP contribution >= 0.6 is 0 Å². The van der Waals surface area contributed by atoms with Gasteiger partial charge in [0, 0.05) is 61.2 Å². The Bertz CT molecular complexity index is 1230. The van der Waals surface area contributed by atoms with Crippen LogP contribution in [0.15, 0.2) is 42.6 Å². The summed E-state index contributed by atoms with van der Waals surface area (Å²) >= 11 is 0. The lowest BCUT2D eigenvalue weighted by Crippen LogP contribution is -2.50. The number of carbonyl (C=O) groups is 2. The van der Waals surface area contributed by atoms with Gasteiger partial charge in [-0.25, -0.2) is 4.79 Å². The highest BCUT2D eigenvalue weighted by molar-refractivity contribution is 5.88. The number of para-hydroxylation sites is 2. The molecule has 2 aliphatic rings. The van der Waals surface area contributed by atoms with Crippen molar-refractivity contribution in [3.63, 3.8) is 0 Å². The fourth-order valence-electron chi connectivity index (χ4n) is 5.09.